The maximum atomic E-state index is 13.0. The number of hydrogen-bond acceptors (Lipinski definition) is 2. The lowest BCUT2D eigenvalue weighted by Crippen LogP contribution is -2.25. The van der Waals surface area contributed by atoms with Crippen LogP contribution < -0.4 is 4.90 Å². The van der Waals surface area contributed by atoms with Crippen LogP contribution in [0.4, 0.5) is 5.69 Å². The molecule has 0 atom stereocenters. The molecule has 1 amide bonds. The molecule has 0 saturated carbocycles. The van der Waals surface area contributed by atoms with Gasteiger partial charge in [-0.2, -0.15) is 0 Å². The van der Waals surface area contributed by atoms with Gasteiger partial charge in [-0.3, -0.25) is 4.79 Å². The number of benzene rings is 2. The maximum Gasteiger partial charge on any atom is 0.259 e. The molecule has 24 heavy (non-hydrogen) atoms. The Morgan fingerprint density at radius 3 is 2.54 bits per heavy atom. The molecule has 0 N–H and O–H groups in total. The van der Waals surface area contributed by atoms with E-state index in [0.717, 1.165) is 22.6 Å². The highest BCUT2D eigenvalue weighted by molar-refractivity contribution is 6.35. The standard InChI is InChI=1S/C20H17N3O/c1-22-12-11-21-19(22)13-17-16-9-5-6-10-18(16)23(20(17)24)14-15-7-3-2-4-8-15/h2-13H,14H2,1H3/b17-13-. The summed E-state index contributed by atoms with van der Waals surface area (Å²) in [5, 5.41) is 0. The van der Waals surface area contributed by atoms with Crippen LogP contribution in [0.1, 0.15) is 17.0 Å². The number of hydrogen-bond donors (Lipinski definition) is 0. The first-order valence-corrected chi connectivity index (χ1v) is 7.88. The van der Waals surface area contributed by atoms with Gasteiger partial charge >= 0.3 is 0 Å². The molecule has 1 aliphatic rings. The summed E-state index contributed by atoms with van der Waals surface area (Å²) in [5.74, 6) is 0.790. The predicted octanol–water partition coefficient (Wildman–Crippen LogP) is 3.51. The van der Waals surface area contributed by atoms with E-state index in [1.54, 1.807) is 6.20 Å². The van der Waals surface area contributed by atoms with Gasteiger partial charge in [-0.15, -0.1) is 0 Å². The number of aromatic nitrogens is 2. The molecule has 0 saturated heterocycles. The monoisotopic (exact) mass is 315 g/mol. The number of rotatable bonds is 3. The number of carbonyl (C=O) groups is 1. The number of amides is 1. The van der Waals surface area contributed by atoms with E-state index in [4.69, 9.17) is 0 Å². The Kier molecular flexibility index (Phi) is 3.50. The van der Waals surface area contributed by atoms with E-state index in [1.807, 2.05) is 83.4 Å². The minimum Gasteiger partial charge on any atom is -0.335 e. The van der Waals surface area contributed by atoms with Crippen LogP contribution in [-0.4, -0.2) is 15.5 Å². The van der Waals surface area contributed by atoms with Gasteiger partial charge in [0.2, 0.25) is 0 Å². The molecular formula is C20H17N3O. The Balaban J connectivity index is 1.77. The number of para-hydroxylation sites is 1. The molecule has 118 valence electrons. The summed E-state index contributed by atoms with van der Waals surface area (Å²) in [6.07, 6.45) is 5.48. The molecule has 0 spiro atoms. The maximum absolute atomic E-state index is 13.0. The third kappa shape index (κ3) is 2.42. The van der Waals surface area contributed by atoms with Gasteiger partial charge in [0.15, 0.2) is 0 Å². The third-order valence-corrected chi connectivity index (χ3v) is 4.28. The Bertz CT molecular complexity index is 925. The van der Waals surface area contributed by atoms with Crippen molar-refractivity contribution < 1.29 is 4.79 Å². The largest absolute Gasteiger partial charge is 0.335 e. The highest BCUT2D eigenvalue weighted by atomic mass is 16.2. The van der Waals surface area contributed by atoms with Crippen LogP contribution in [0.15, 0.2) is 67.0 Å². The van der Waals surface area contributed by atoms with Crippen LogP contribution in [0.5, 0.6) is 0 Å². The van der Waals surface area contributed by atoms with Crippen molar-refractivity contribution in [3.8, 4) is 0 Å². The van der Waals surface area contributed by atoms with Crippen LogP contribution in [0.25, 0.3) is 11.6 Å². The summed E-state index contributed by atoms with van der Waals surface area (Å²) >= 11 is 0. The topological polar surface area (TPSA) is 38.1 Å². The molecule has 0 aliphatic carbocycles. The van der Waals surface area contributed by atoms with Crippen LogP contribution in [0, 0.1) is 0 Å². The van der Waals surface area contributed by atoms with Gasteiger partial charge in [0, 0.05) is 25.0 Å². The van der Waals surface area contributed by atoms with Crippen molar-refractivity contribution in [1.82, 2.24) is 9.55 Å². The number of aryl methyl sites for hydroxylation is 1. The average molecular weight is 315 g/mol. The predicted molar refractivity (Wildman–Crippen MR) is 95.2 cm³/mol. The second-order valence-corrected chi connectivity index (χ2v) is 5.85. The molecule has 1 aliphatic heterocycles. The molecule has 3 aromatic rings. The van der Waals surface area contributed by atoms with Gasteiger partial charge in [0.05, 0.1) is 17.8 Å². The lowest BCUT2D eigenvalue weighted by molar-refractivity contribution is -0.113. The Labute approximate surface area is 140 Å². The molecular weight excluding hydrogens is 298 g/mol. The van der Waals surface area contributed by atoms with E-state index in [9.17, 15) is 4.79 Å². The fraction of sp³-hybridized carbons (Fsp3) is 0.100. The molecule has 4 rings (SSSR count). The Morgan fingerprint density at radius 2 is 1.79 bits per heavy atom. The number of carbonyl (C=O) groups excluding carboxylic acids is 1. The zero-order chi connectivity index (χ0) is 16.5. The number of nitrogens with zero attached hydrogens (tertiary/aromatic N) is 3. The van der Waals surface area contributed by atoms with Gasteiger partial charge in [-0.1, -0.05) is 48.5 Å². The SMILES string of the molecule is Cn1ccnc1/C=C1\C(=O)N(Cc2ccccc2)c2ccccc21. The van der Waals surface area contributed by atoms with Crippen molar-refractivity contribution in [2.24, 2.45) is 7.05 Å². The first-order valence-electron chi connectivity index (χ1n) is 7.88. The van der Waals surface area contributed by atoms with E-state index in [2.05, 4.69) is 4.98 Å². The summed E-state index contributed by atoms with van der Waals surface area (Å²) in [7, 11) is 1.92. The van der Waals surface area contributed by atoms with Gasteiger partial charge in [0.25, 0.3) is 5.91 Å². The average Bonchev–Trinajstić information content (AvgIpc) is 3.13. The highest BCUT2D eigenvalue weighted by Gasteiger charge is 2.32. The number of anilines is 1. The summed E-state index contributed by atoms with van der Waals surface area (Å²) in [5.41, 5.74) is 3.71. The fourth-order valence-corrected chi connectivity index (χ4v) is 3.01. The molecule has 0 bridgehead atoms. The second-order valence-electron chi connectivity index (χ2n) is 5.85. The summed E-state index contributed by atoms with van der Waals surface area (Å²) in [4.78, 5) is 19.2. The van der Waals surface area contributed by atoms with Crippen molar-refractivity contribution in [2.75, 3.05) is 4.90 Å². The van der Waals surface area contributed by atoms with Crippen molar-refractivity contribution in [3.63, 3.8) is 0 Å². The molecule has 0 radical (unpaired) electrons. The van der Waals surface area contributed by atoms with Crippen molar-refractivity contribution in [3.05, 3.63) is 83.9 Å². The van der Waals surface area contributed by atoms with Gasteiger partial charge in [-0.25, -0.2) is 4.98 Å². The second kappa shape index (κ2) is 5.81. The minimum atomic E-state index is 0.0167. The Morgan fingerprint density at radius 1 is 1.04 bits per heavy atom. The lowest BCUT2D eigenvalue weighted by atomic mass is 10.1. The first kappa shape index (κ1) is 14.5. The molecule has 0 unspecified atom stereocenters. The van der Waals surface area contributed by atoms with E-state index >= 15 is 0 Å². The zero-order valence-corrected chi connectivity index (χ0v) is 13.4. The lowest BCUT2D eigenvalue weighted by Gasteiger charge is -2.17. The minimum absolute atomic E-state index is 0.0167. The van der Waals surface area contributed by atoms with Gasteiger partial charge < -0.3 is 9.47 Å². The van der Waals surface area contributed by atoms with Crippen LogP contribution >= 0.6 is 0 Å². The summed E-state index contributed by atoms with van der Waals surface area (Å²) in [6.45, 7) is 0.564. The van der Waals surface area contributed by atoms with Crippen molar-refractivity contribution >= 4 is 23.2 Å². The normalized spacial score (nSPS) is 15.1. The zero-order valence-electron chi connectivity index (χ0n) is 13.4. The van der Waals surface area contributed by atoms with Crippen molar-refractivity contribution in [1.29, 1.82) is 0 Å². The van der Waals surface area contributed by atoms with E-state index in [1.165, 1.54) is 0 Å². The summed E-state index contributed by atoms with van der Waals surface area (Å²) < 4.78 is 1.91. The number of imidazole rings is 1. The van der Waals surface area contributed by atoms with E-state index in [0.29, 0.717) is 12.1 Å². The molecule has 2 heterocycles. The molecule has 1 aromatic heterocycles. The fourth-order valence-electron chi connectivity index (χ4n) is 3.01. The summed E-state index contributed by atoms with van der Waals surface area (Å²) in [6, 6.07) is 18.0. The number of fused-ring (bicyclic) bond motifs is 1. The molecule has 2 aromatic carbocycles. The van der Waals surface area contributed by atoms with Crippen LogP contribution in [0.2, 0.25) is 0 Å². The van der Waals surface area contributed by atoms with Crippen LogP contribution in [0.3, 0.4) is 0 Å². The smallest absolute Gasteiger partial charge is 0.259 e. The van der Waals surface area contributed by atoms with Crippen LogP contribution in [-0.2, 0) is 18.4 Å². The molecule has 4 heteroatoms. The highest BCUT2D eigenvalue weighted by Crippen LogP contribution is 2.38. The molecule has 4 nitrogen and oxygen atoms in total. The van der Waals surface area contributed by atoms with Gasteiger partial charge in [-0.05, 0) is 17.7 Å². The third-order valence-electron chi connectivity index (χ3n) is 4.28. The van der Waals surface area contributed by atoms with Gasteiger partial charge in [0.1, 0.15) is 5.82 Å². The van der Waals surface area contributed by atoms with E-state index in [-0.39, 0.29) is 5.91 Å². The van der Waals surface area contributed by atoms with E-state index < -0.39 is 0 Å². The quantitative estimate of drug-likeness (QED) is 0.694. The Hall–Kier alpha value is -3.14. The van der Waals surface area contributed by atoms with Crippen molar-refractivity contribution in [2.45, 2.75) is 6.54 Å². The first-order chi connectivity index (χ1) is 11.7. The molecule has 0 fully saturated rings.